The summed E-state index contributed by atoms with van der Waals surface area (Å²) in [6.07, 6.45) is 0.305. The first-order valence-corrected chi connectivity index (χ1v) is 11.5. The number of amides is 3. The molecule has 188 valence electrons. The predicted molar refractivity (Wildman–Crippen MR) is 132 cm³/mol. The topological polar surface area (TPSA) is 83.5 Å². The van der Waals surface area contributed by atoms with E-state index in [4.69, 9.17) is 9.47 Å². The minimum Gasteiger partial charge on any atom is -0.496 e. The van der Waals surface area contributed by atoms with E-state index in [9.17, 15) is 14.0 Å². The third-order valence-electron chi connectivity index (χ3n) is 5.51. The molecule has 2 aromatic rings. The molecule has 3 rings (SSSR count). The first kappa shape index (κ1) is 26.2. The van der Waals surface area contributed by atoms with Crippen LogP contribution in [-0.4, -0.2) is 67.0 Å². The highest BCUT2D eigenvalue weighted by Crippen LogP contribution is 2.37. The molecule has 1 aliphatic rings. The van der Waals surface area contributed by atoms with Crippen LogP contribution in [0, 0.1) is 5.82 Å². The summed E-state index contributed by atoms with van der Waals surface area (Å²) in [5.74, 6) is -0.208. The molecule has 9 heteroatoms. The number of methoxy groups -OCH3 is 2. The normalized spacial score (nSPS) is 15.5. The monoisotopic (exact) mass is 484 g/mol. The van der Waals surface area contributed by atoms with Gasteiger partial charge in [0.05, 0.1) is 25.5 Å². The number of nitrogens with zero attached hydrogens (tertiary/aromatic N) is 3. The lowest BCUT2D eigenvalue weighted by atomic mass is 9.97. The van der Waals surface area contributed by atoms with Gasteiger partial charge in [0.15, 0.2) is 0 Å². The summed E-state index contributed by atoms with van der Waals surface area (Å²) >= 11 is 0. The summed E-state index contributed by atoms with van der Waals surface area (Å²) in [7, 11) is 3.09. The van der Waals surface area contributed by atoms with Crippen molar-refractivity contribution in [1.82, 2.24) is 15.2 Å². The molecule has 1 heterocycles. The predicted octanol–water partition coefficient (Wildman–Crippen LogP) is 3.97. The largest absolute Gasteiger partial charge is 0.496 e. The maximum atomic E-state index is 14.6. The number of hydrazone groups is 1. The van der Waals surface area contributed by atoms with Crippen molar-refractivity contribution >= 4 is 17.6 Å². The van der Waals surface area contributed by atoms with Crippen molar-refractivity contribution in [1.29, 1.82) is 0 Å². The standard InChI is InChI=1S/C26H33FN4O4/c1-26(2,3)28-25(33)30(14-15-34-4)17-24(32)31-22(19-11-7-9-13-23(19)35-5)16-21(29-31)18-10-6-8-12-20(18)27/h6-13,22H,14-17H2,1-5H3,(H,28,33)/t22-/m0/s1. The van der Waals surface area contributed by atoms with E-state index in [1.54, 1.807) is 31.4 Å². The van der Waals surface area contributed by atoms with Crippen LogP contribution in [-0.2, 0) is 9.53 Å². The van der Waals surface area contributed by atoms with Crippen LogP contribution in [0.5, 0.6) is 5.75 Å². The number of hydrogen-bond donors (Lipinski definition) is 1. The maximum Gasteiger partial charge on any atom is 0.318 e. The van der Waals surface area contributed by atoms with Gasteiger partial charge in [0.25, 0.3) is 5.91 Å². The van der Waals surface area contributed by atoms with Crippen LogP contribution in [0.4, 0.5) is 9.18 Å². The minimum atomic E-state index is -0.511. The average Bonchev–Trinajstić information content (AvgIpc) is 3.26. The summed E-state index contributed by atoms with van der Waals surface area (Å²) in [6, 6.07) is 12.8. The molecule has 8 nitrogen and oxygen atoms in total. The second-order valence-electron chi connectivity index (χ2n) is 9.32. The van der Waals surface area contributed by atoms with Crippen molar-refractivity contribution in [3.05, 3.63) is 65.5 Å². The molecule has 0 radical (unpaired) electrons. The first-order valence-electron chi connectivity index (χ1n) is 11.5. The van der Waals surface area contributed by atoms with Crippen LogP contribution in [0.2, 0.25) is 0 Å². The zero-order valence-electron chi connectivity index (χ0n) is 20.9. The molecule has 0 saturated heterocycles. The van der Waals surface area contributed by atoms with Gasteiger partial charge in [0.1, 0.15) is 18.1 Å². The van der Waals surface area contributed by atoms with Gasteiger partial charge < -0.3 is 19.7 Å². The molecular formula is C26H33FN4O4. The fourth-order valence-electron chi connectivity index (χ4n) is 3.87. The van der Waals surface area contributed by atoms with E-state index in [1.807, 2.05) is 39.0 Å². The van der Waals surface area contributed by atoms with Gasteiger partial charge in [-0.15, -0.1) is 0 Å². The van der Waals surface area contributed by atoms with Crippen molar-refractivity contribution in [2.75, 3.05) is 33.9 Å². The first-order chi connectivity index (χ1) is 16.6. The molecule has 1 aliphatic heterocycles. The van der Waals surface area contributed by atoms with Gasteiger partial charge in [-0.25, -0.2) is 14.2 Å². The number of halogens is 1. The number of carbonyl (C=O) groups excluding carboxylic acids is 2. The lowest BCUT2D eigenvalue weighted by Gasteiger charge is -2.30. The number of carbonyl (C=O) groups is 2. The van der Waals surface area contributed by atoms with Gasteiger partial charge in [-0.2, -0.15) is 5.10 Å². The summed E-state index contributed by atoms with van der Waals surface area (Å²) in [5.41, 5.74) is 1.07. The highest BCUT2D eigenvalue weighted by Gasteiger charge is 2.36. The maximum absolute atomic E-state index is 14.6. The van der Waals surface area contributed by atoms with Crippen LogP contribution in [0.1, 0.15) is 44.4 Å². The summed E-state index contributed by atoms with van der Waals surface area (Å²) < 4.78 is 25.2. The molecule has 0 saturated carbocycles. The van der Waals surface area contributed by atoms with Crippen molar-refractivity contribution in [3.8, 4) is 5.75 Å². The van der Waals surface area contributed by atoms with Crippen LogP contribution in [0.15, 0.2) is 53.6 Å². The molecule has 1 atom stereocenters. The van der Waals surface area contributed by atoms with Crippen molar-refractivity contribution in [2.24, 2.45) is 5.10 Å². The molecule has 35 heavy (non-hydrogen) atoms. The van der Waals surface area contributed by atoms with Gasteiger partial charge >= 0.3 is 6.03 Å². The Morgan fingerprint density at radius 1 is 1.14 bits per heavy atom. The van der Waals surface area contributed by atoms with Gasteiger partial charge in [-0.3, -0.25) is 4.79 Å². The smallest absolute Gasteiger partial charge is 0.318 e. The fourth-order valence-corrected chi connectivity index (χ4v) is 3.87. The molecule has 0 fully saturated rings. The number of nitrogens with one attached hydrogen (secondary N) is 1. The molecule has 0 aliphatic carbocycles. The Morgan fingerprint density at radius 2 is 1.83 bits per heavy atom. The molecule has 1 N–H and O–H groups in total. The highest BCUT2D eigenvalue weighted by molar-refractivity contribution is 6.03. The average molecular weight is 485 g/mol. The zero-order valence-corrected chi connectivity index (χ0v) is 20.9. The number of hydrogen-bond acceptors (Lipinski definition) is 5. The number of benzene rings is 2. The molecule has 3 amide bonds. The van der Waals surface area contributed by atoms with Crippen molar-refractivity contribution < 1.29 is 23.5 Å². The second-order valence-corrected chi connectivity index (χ2v) is 9.32. The highest BCUT2D eigenvalue weighted by atomic mass is 19.1. The van der Waals surface area contributed by atoms with E-state index >= 15 is 0 Å². The fraction of sp³-hybridized carbons (Fsp3) is 0.423. The van der Waals surface area contributed by atoms with E-state index < -0.39 is 23.3 Å². The van der Waals surface area contributed by atoms with E-state index in [1.165, 1.54) is 23.1 Å². The van der Waals surface area contributed by atoms with Crippen LogP contribution in [0.3, 0.4) is 0 Å². The molecule has 0 aromatic heterocycles. The summed E-state index contributed by atoms with van der Waals surface area (Å²) in [6.45, 7) is 5.87. The van der Waals surface area contributed by atoms with Gasteiger partial charge in [0, 0.05) is 36.7 Å². The van der Waals surface area contributed by atoms with E-state index in [0.29, 0.717) is 23.4 Å². The third-order valence-corrected chi connectivity index (χ3v) is 5.51. The molecule has 0 unspecified atom stereocenters. The quantitative estimate of drug-likeness (QED) is 0.615. The zero-order chi connectivity index (χ0) is 25.6. The Labute approximate surface area is 205 Å². The number of ether oxygens (including phenoxy) is 2. The lowest BCUT2D eigenvalue weighted by molar-refractivity contribution is -0.133. The van der Waals surface area contributed by atoms with Crippen LogP contribution < -0.4 is 10.1 Å². The van der Waals surface area contributed by atoms with Crippen molar-refractivity contribution in [3.63, 3.8) is 0 Å². The van der Waals surface area contributed by atoms with Crippen molar-refractivity contribution in [2.45, 2.75) is 38.8 Å². The SMILES string of the molecule is COCCN(CC(=O)N1N=C(c2ccccc2F)C[C@H]1c1ccccc1OC)C(=O)NC(C)(C)C. The van der Waals surface area contributed by atoms with E-state index in [0.717, 1.165) is 5.56 Å². The van der Waals surface area contributed by atoms with E-state index in [-0.39, 0.29) is 25.7 Å². The number of urea groups is 1. The summed E-state index contributed by atoms with van der Waals surface area (Å²) in [4.78, 5) is 27.8. The number of rotatable bonds is 8. The third kappa shape index (κ3) is 6.57. The second kappa shape index (κ2) is 11.3. The van der Waals surface area contributed by atoms with Gasteiger partial charge in [0.2, 0.25) is 0 Å². The molecule has 0 bridgehead atoms. The van der Waals surface area contributed by atoms with Gasteiger partial charge in [-0.05, 0) is 32.9 Å². The number of para-hydroxylation sites is 1. The Hall–Kier alpha value is -3.46. The Bertz CT molecular complexity index is 1080. The minimum absolute atomic E-state index is 0.217. The van der Waals surface area contributed by atoms with Crippen LogP contribution in [0.25, 0.3) is 0 Å². The molecule has 0 spiro atoms. The summed E-state index contributed by atoms with van der Waals surface area (Å²) in [5, 5.41) is 8.75. The van der Waals surface area contributed by atoms with Crippen LogP contribution >= 0.6 is 0 Å². The molecular weight excluding hydrogens is 451 g/mol. The lowest BCUT2D eigenvalue weighted by Crippen LogP contribution is -2.52. The van der Waals surface area contributed by atoms with E-state index in [2.05, 4.69) is 10.4 Å². The Morgan fingerprint density at radius 3 is 2.49 bits per heavy atom. The van der Waals surface area contributed by atoms with Gasteiger partial charge in [-0.1, -0.05) is 36.4 Å². The Balaban J connectivity index is 1.94. The Kier molecular flexibility index (Phi) is 8.45. The molecule has 2 aromatic carbocycles.